The third-order valence-corrected chi connectivity index (χ3v) is 5.62. The number of carbonyl (C=O) groups excluding carboxylic acids is 4. The van der Waals surface area contributed by atoms with Crippen molar-refractivity contribution in [3.63, 3.8) is 0 Å². The molecule has 2 fully saturated rings. The fourth-order valence-electron chi connectivity index (χ4n) is 4.31. The van der Waals surface area contributed by atoms with Crippen molar-refractivity contribution < 1.29 is 28.7 Å². The van der Waals surface area contributed by atoms with Gasteiger partial charge >= 0.3 is 12.1 Å². The first-order valence-corrected chi connectivity index (χ1v) is 10.1. The van der Waals surface area contributed by atoms with Crippen LogP contribution in [0.1, 0.15) is 74.6 Å². The molecule has 0 saturated carbocycles. The third kappa shape index (κ3) is 4.35. The van der Waals surface area contributed by atoms with Crippen LogP contribution in [0.2, 0.25) is 0 Å². The number of nitrogens with zero attached hydrogens (tertiary/aromatic N) is 1. The molecule has 9 heteroatoms. The molecule has 1 spiro atoms. The van der Waals surface area contributed by atoms with Gasteiger partial charge in [0.1, 0.15) is 6.10 Å². The van der Waals surface area contributed by atoms with Gasteiger partial charge in [-0.1, -0.05) is 45.7 Å². The molecule has 2 aliphatic heterocycles. The van der Waals surface area contributed by atoms with Crippen molar-refractivity contribution in [2.45, 2.75) is 77.8 Å². The van der Waals surface area contributed by atoms with Crippen LogP contribution in [0.3, 0.4) is 0 Å². The molecular formula is C22H31N3O6. The zero-order valence-electron chi connectivity index (χ0n) is 17.3. The van der Waals surface area contributed by atoms with Crippen molar-refractivity contribution in [1.82, 2.24) is 10.2 Å². The largest absolute Gasteiger partial charge is 0.454 e. The highest BCUT2D eigenvalue weighted by atomic mass is 16.6. The van der Waals surface area contributed by atoms with E-state index in [1.807, 2.05) is 0 Å². The van der Waals surface area contributed by atoms with Gasteiger partial charge in [-0.15, -0.1) is 0 Å². The van der Waals surface area contributed by atoms with Gasteiger partial charge in [-0.3, -0.25) is 19.7 Å². The maximum absolute atomic E-state index is 13.5. The Labute approximate surface area is 182 Å². The predicted octanol–water partition coefficient (Wildman–Crippen LogP) is 2.58. The van der Waals surface area contributed by atoms with Gasteiger partial charge < -0.3 is 20.1 Å². The van der Waals surface area contributed by atoms with Crippen molar-refractivity contribution >= 4 is 23.9 Å². The fraction of sp³-hybridized carbons (Fsp3) is 0.545. The van der Waals surface area contributed by atoms with Crippen LogP contribution < -0.4 is 11.1 Å². The number of nitrogens with one attached hydrogen (secondary N) is 1. The second kappa shape index (κ2) is 9.36. The van der Waals surface area contributed by atoms with Gasteiger partial charge in [-0.2, -0.15) is 0 Å². The Morgan fingerprint density at radius 3 is 2.45 bits per heavy atom. The van der Waals surface area contributed by atoms with Crippen LogP contribution in [0.5, 0.6) is 0 Å². The summed E-state index contributed by atoms with van der Waals surface area (Å²) in [4.78, 5) is 50.8. The van der Waals surface area contributed by atoms with E-state index >= 15 is 0 Å². The lowest BCUT2D eigenvalue weighted by Crippen LogP contribution is -2.62. The average molecular weight is 434 g/mol. The van der Waals surface area contributed by atoms with Crippen LogP contribution in [0.4, 0.5) is 4.79 Å². The van der Waals surface area contributed by atoms with Gasteiger partial charge in [0, 0.05) is 6.92 Å². The van der Waals surface area contributed by atoms with Crippen molar-refractivity contribution in [3.05, 3.63) is 35.4 Å². The highest BCUT2D eigenvalue weighted by molar-refractivity contribution is 6.08. The smallest absolute Gasteiger partial charge is 0.409 e. The first-order chi connectivity index (χ1) is 14.2. The summed E-state index contributed by atoms with van der Waals surface area (Å²) in [6.07, 6.45) is 1.03. The van der Waals surface area contributed by atoms with Gasteiger partial charge in [-0.05, 0) is 25.5 Å². The van der Waals surface area contributed by atoms with E-state index in [-0.39, 0.29) is 18.6 Å². The number of unbranched alkanes of at least 4 members (excludes halogenated alkanes) is 2. The molecule has 3 amide bonds. The van der Waals surface area contributed by atoms with Crippen molar-refractivity contribution in [2.24, 2.45) is 5.73 Å². The Morgan fingerprint density at radius 2 is 1.87 bits per heavy atom. The molecule has 3 rings (SSSR count). The molecule has 2 aliphatic rings. The molecule has 1 aromatic carbocycles. The first-order valence-electron chi connectivity index (χ1n) is 10.1. The summed E-state index contributed by atoms with van der Waals surface area (Å²) in [5.74, 6) is -1.73. The second-order valence-corrected chi connectivity index (χ2v) is 7.69. The van der Waals surface area contributed by atoms with Crippen LogP contribution in [0, 0.1) is 0 Å². The zero-order valence-corrected chi connectivity index (χ0v) is 17.3. The SMILES string of the molecule is C.CCCCCC1N(C(=O)c2ccccc2C(N)=O)[C@]12NC(=O)O[C@@H](C)[C@@H]2OC(C)=O. The number of cyclic esters (lactones) is 1. The number of rotatable bonds is 7. The highest BCUT2D eigenvalue weighted by Gasteiger charge is 2.74. The van der Waals surface area contributed by atoms with Crippen LogP contribution in [-0.2, 0) is 14.3 Å². The number of esters is 1. The number of hydrogen-bond donors (Lipinski definition) is 2. The quantitative estimate of drug-likeness (QED) is 0.386. The molecule has 4 atom stereocenters. The molecule has 1 unspecified atom stereocenters. The lowest BCUT2D eigenvalue weighted by atomic mass is 9.98. The van der Waals surface area contributed by atoms with E-state index in [9.17, 15) is 19.2 Å². The van der Waals surface area contributed by atoms with E-state index in [2.05, 4.69) is 12.2 Å². The Hall–Kier alpha value is -3.10. The minimum atomic E-state index is -1.23. The van der Waals surface area contributed by atoms with Crippen molar-refractivity contribution in [1.29, 1.82) is 0 Å². The topological polar surface area (TPSA) is 128 Å². The van der Waals surface area contributed by atoms with E-state index in [0.29, 0.717) is 6.42 Å². The molecule has 2 heterocycles. The van der Waals surface area contributed by atoms with Crippen LogP contribution in [-0.4, -0.2) is 52.7 Å². The summed E-state index contributed by atoms with van der Waals surface area (Å²) in [6.45, 7) is 4.95. The maximum Gasteiger partial charge on any atom is 0.409 e. The lowest BCUT2D eigenvalue weighted by molar-refractivity contribution is -0.160. The van der Waals surface area contributed by atoms with Gasteiger partial charge in [0.2, 0.25) is 5.91 Å². The van der Waals surface area contributed by atoms with Crippen LogP contribution in [0.25, 0.3) is 0 Å². The first kappa shape index (κ1) is 24.2. The number of amides is 3. The number of ether oxygens (including phenoxy) is 2. The van der Waals surface area contributed by atoms with Gasteiger partial charge in [0.25, 0.3) is 5.91 Å². The zero-order chi connectivity index (χ0) is 22.1. The van der Waals surface area contributed by atoms with E-state index < -0.39 is 47.8 Å². The molecular weight excluding hydrogens is 402 g/mol. The Bertz CT molecular complexity index is 873. The summed E-state index contributed by atoms with van der Waals surface area (Å²) >= 11 is 0. The van der Waals surface area contributed by atoms with E-state index in [1.165, 1.54) is 24.0 Å². The number of nitrogens with two attached hydrogens (primary N) is 1. The van der Waals surface area contributed by atoms with Gasteiger partial charge in [0.05, 0.1) is 17.2 Å². The highest BCUT2D eigenvalue weighted by Crippen LogP contribution is 2.49. The molecule has 0 bridgehead atoms. The summed E-state index contributed by atoms with van der Waals surface area (Å²) < 4.78 is 10.7. The molecule has 31 heavy (non-hydrogen) atoms. The second-order valence-electron chi connectivity index (χ2n) is 7.69. The normalized spacial score (nSPS) is 26.4. The molecule has 9 nitrogen and oxygen atoms in total. The molecule has 170 valence electrons. The molecule has 3 N–H and O–H groups in total. The Morgan fingerprint density at radius 1 is 1.23 bits per heavy atom. The standard InChI is InChI=1S/C21H27N3O6.CH4/c1-4-5-6-11-16-21(17(30-13(3)25)12(2)29-20(28)23-21)24(16)19(27)15-10-8-7-9-14(15)18(22)26;/h7-10,12,16-17H,4-6,11H2,1-3H3,(H2,22,26)(H,23,28);1H4/t12-,16?,17-,21+,24?;/m0./s1. The number of benzene rings is 1. The van der Waals surface area contributed by atoms with Crippen molar-refractivity contribution in [2.75, 3.05) is 0 Å². The monoisotopic (exact) mass is 433 g/mol. The number of hydrogen-bond acceptors (Lipinski definition) is 6. The van der Waals surface area contributed by atoms with E-state index in [1.54, 1.807) is 19.1 Å². The summed E-state index contributed by atoms with van der Waals surface area (Å²) in [5, 5.41) is 2.73. The molecule has 1 aromatic rings. The number of carbonyl (C=O) groups is 4. The van der Waals surface area contributed by atoms with E-state index in [4.69, 9.17) is 15.2 Å². The number of alkyl carbamates (subject to hydrolysis) is 1. The summed E-state index contributed by atoms with van der Waals surface area (Å²) in [7, 11) is 0. The Kier molecular flexibility index (Phi) is 7.30. The molecule has 0 radical (unpaired) electrons. The van der Waals surface area contributed by atoms with Crippen LogP contribution in [0.15, 0.2) is 24.3 Å². The average Bonchev–Trinajstić information content (AvgIpc) is 3.30. The maximum atomic E-state index is 13.5. The minimum absolute atomic E-state index is 0. The third-order valence-electron chi connectivity index (χ3n) is 5.62. The Balaban J connectivity index is 0.00000341. The van der Waals surface area contributed by atoms with E-state index in [0.717, 1.165) is 19.3 Å². The molecule has 0 aromatic heterocycles. The number of primary amides is 1. The molecule has 0 aliphatic carbocycles. The van der Waals surface area contributed by atoms with Crippen LogP contribution >= 0.6 is 0 Å². The lowest BCUT2D eigenvalue weighted by Gasteiger charge is -2.36. The fourth-order valence-corrected chi connectivity index (χ4v) is 4.31. The van der Waals surface area contributed by atoms with Gasteiger partial charge in [0.15, 0.2) is 11.8 Å². The summed E-state index contributed by atoms with van der Waals surface area (Å²) in [6, 6.07) is 5.84. The predicted molar refractivity (Wildman–Crippen MR) is 113 cm³/mol. The summed E-state index contributed by atoms with van der Waals surface area (Å²) in [5.41, 5.74) is 4.44. The van der Waals surface area contributed by atoms with Gasteiger partial charge in [-0.25, -0.2) is 4.79 Å². The van der Waals surface area contributed by atoms with Crippen molar-refractivity contribution in [3.8, 4) is 0 Å². The molecule has 2 saturated heterocycles. The minimum Gasteiger partial charge on any atom is -0.454 e.